The minimum atomic E-state index is -0.0868. The monoisotopic (exact) mass is 945 g/mol. The van der Waals surface area contributed by atoms with Crippen molar-refractivity contribution in [1.82, 2.24) is 19.9 Å². The zero-order valence-electron chi connectivity index (χ0n) is 45.6. The summed E-state index contributed by atoms with van der Waals surface area (Å²) in [5.74, 6) is 3.53. The van der Waals surface area contributed by atoms with Gasteiger partial charge in [-0.1, -0.05) is 197 Å². The Labute approximate surface area is 424 Å². The van der Waals surface area contributed by atoms with Crippen molar-refractivity contribution in [3.05, 3.63) is 141 Å². The normalized spacial score (nSPS) is 13.5. The average Bonchev–Trinajstić information content (AvgIpc) is 4.10. The van der Waals surface area contributed by atoms with E-state index in [-0.39, 0.29) is 32.5 Å². The number of nitrogens with zero attached hydrogens (tertiary/aromatic N) is 2. The van der Waals surface area contributed by atoms with Crippen LogP contribution >= 0.6 is 11.8 Å². The molecule has 3 aromatic heterocycles. The van der Waals surface area contributed by atoms with Crippen molar-refractivity contribution in [1.29, 1.82) is 0 Å². The van der Waals surface area contributed by atoms with Gasteiger partial charge >= 0.3 is 0 Å². The van der Waals surface area contributed by atoms with E-state index in [1.54, 1.807) is 0 Å². The Morgan fingerprint density at radius 1 is 0.357 bits per heavy atom. The molecule has 2 aliphatic rings. The van der Waals surface area contributed by atoms with E-state index in [4.69, 9.17) is 9.97 Å². The summed E-state index contributed by atoms with van der Waals surface area (Å²) in [6.45, 7) is 41.5. The van der Waals surface area contributed by atoms with Crippen LogP contribution in [0.3, 0.4) is 0 Å². The van der Waals surface area contributed by atoms with E-state index in [1.165, 1.54) is 45.1 Å². The van der Waals surface area contributed by atoms with Crippen LogP contribution in [-0.2, 0) is 32.5 Å². The number of fused-ring (bicyclic) bond motifs is 8. The fourth-order valence-corrected chi connectivity index (χ4v) is 9.47. The molecule has 2 N–H and O–H groups in total. The van der Waals surface area contributed by atoms with Crippen molar-refractivity contribution in [2.45, 2.75) is 157 Å². The third-order valence-corrected chi connectivity index (χ3v) is 14.2. The molecule has 362 valence electrons. The first-order chi connectivity index (χ1) is 32.4. The first kappa shape index (κ1) is 50.6. The lowest BCUT2D eigenvalue weighted by Crippen LogP contribution is -2.16. The molecule has 0 unspecified atom stereocenters. The number of H-pyrrole nitrogens is 2. The molecule has 0 spiro atoms. The predicted molar refractivity (Wildman–Crippen MR) is 308 cm³/mol. The van der Waals surface area contributed by atoms with Crippen LogP contribution < -0.4 is 0 Å². The Bertz CT molecular complexity index is 3180. The molecular formula is C65H76N4S. The van der Waals surface area contributed by atoms with Gasteiger partial charge < -0.3 is 9.97 Å². The second-order valence-corrected chi connectivity index (χ2v) is 26.4. The minimum Gasteiger partial charge on any atom is -0.354 e. The maximum absolute atomic E-state index is 5.75. The van der Waals surface area contributed by atoms with Crippen LogP contribution in [0.4, 0.5) is 0 Å². The molecule has 5 heterocycles. The minimum absolute atomic E-state index is 0.0801. The number of aromatic nitrogens is 4. The van der Waals surface area contributed by atoms with Gasteiger partial charge in [-0.25, -0.2) is 9.97 Å². The van der Waals surface area contributed by atoms with Gasteiger partial charge in [0.1, 0.15) is 0 Å². The van der Waals surface area contributed by atoms with Gasteiger partial charge in [0.2, 0.25) is 0 Å². The lowest BCUT2D eigenvalue weighted by atomic mass is 9.78. The van der Waals surface area contributed by atoms with Crippen molar-refractivity contribution in [3.63, 3.8) is 0 Å². The summed E-state index contributed by atoms with van der Waals surface area (Å²) >= 11 is 1.51. The van der Waals surface area contributed by atoms with Gasteiger partial charge in [-0.2, -0.15) is 0 Å². The molecule has 0 radical (unpaired) electrons. The number of rotatable bonds is 3. The Hall–Kier alpha value is -5.83. The van der Waals surface area contributed by atoms with Gasteiger partial charge in [-0.05, 0) is 143 Å². The molecule has 0 fully saturated rings. The second-order valence-electron chi connectivity index (χ2n) is 25.8. The van der Waals surface area contributed by atoms with E-state index in [0.29, 0.717) is 0 Å². The lowest BCUT2D eigenvalue weighted by Gasteiger charge is -2.26. The van der Waals surface area contributed by atoms with E-state index in [9.17, 15) is 0 Å². The van der Waals surface area contributed by atoms with Crippen LogP contribution in [0, 0.1) is 11.2 Å². The first-order valence-corrected chi connectivity index (χ1v) is 26.3. The van der Waals surface area contributed by atoms with Crippen molar-refractivity contribution < 1.29 is 0 Å². The highest BCUT2D eigenvalue weighted by Crippen LogP contribution is 2.43. The number of thioether (sulfide) groups is 1. The Balaban J connectivity index is 1.63. The van der Waals surface area contributed by atoms with Crippen LogP contribution in [0.25, 0.3) is 79.8 Å². The van der Waals surface area contributed by atoms with Crippen molar-refractivity contribution in [3.8, 4) is 44.6 Å². The van der Waals surface area contributed by atoms with Gasteiger partial charge in [0.05, 0.1) is 33.9 Å². The van der Waals surface area contributed by atoms with Crippen molar-refractivity contribution in [2.24, 2.45) is 0 Å². The van der Waals surface area contributed by atoms with Crippen LogP contribution in [0.15, 0.2) is 78.9 Å². The summed E-state index contributed by atoms with van der Waals surface area (Å²) < 4.78 is 0. The van der Waals surface area contributed by atoms with Crippen LogP contribution in [0.5, 0.6) is 0 Å². The second kappa shape index (κ2) is 17.8. The zero-order chi connectivity index (χ0) is 51.1. The lowest BCUT2D eigenvalue weighted by molar-refractivity contribution is 0.568. The van der Waals surface area contributed by atoms with Gasteiger partial charge in [0, 0.05) is 33.2 Å². The highest BCUT2D eigenvalue weighted by molar-refractivity contribution is 8.03. The summed E-state index contributed by atoms with van der Waals surface area (Å²) in [7, 11) is 0. The largest absolute Gasteiger partial charge is 0.354 e. The van der Waals surface area contributed by atoms with Gasteiger partial charge in [-0.15, -0.1) is 0 Å². The molecule has 8 rings (SSSR count). The summed E-state index contributed by atoms with van der Waals surface area (Å²) in [6.07, 6.45) is 10.8. The van der Waals surface area contributed by atoms with Crippen LogP contribution in [-0.4, -0.2) is 26.2 Å². The zero-order valence-corrected chi connectivity index (χ0v) is 46.4. The summed E-state index contributed by atoms with van der Waals surface area (Å²) in [5, 5.41) is 3.33. The van der Waals surface area contributed by atoms with E-state index in [0.717, 1.165) is 83.8 Å². The first-order valence-electron chi connectivity index (χ1n) is 25.1. The Kier molecular flexibility index (Phi) is 12.8. The van der Waals surface area contributed by atoms with Crippen LogP contribution in [0.1, 0.15) is 186 Å². The maximum Gasteiger partial charge on any atom is 0.0815 e. The molecule has 0 atom stereocenters. The van der Waals surface area contributed by atoms with Crippen molar-refractivity contribution >= 4 is 58.1 Å². The van der Waals surface area contributed by atoms with E-state index in [1.807, 2.05) is 6.26 Å². The van der Waals surface area contributed by atoms with E-state index < -0.39 is 0 Å². The fourth-order valence-electron chi connectivity index (χ4n) is 9.26. The van der Waals surface area contributed by atoms with E-state index >= 15 is 0 Å². The molecular weight excluding hydrogens is 869 g/mol. The third-order valence-electron chi connectivity index (χ3n) is 13.9. The number of nitrogens with one attached hydrogen (secondary N) is 2. The van der Waals surface area contributed by atoms with Gasteiger partial charge in [0.25, 0.3) is 0 Å². The summed E-state index contributed by atoms with van der Waals surface area (Å²) in [6, 6.07) is 30.4. The SMILES string of the molecule is CSC#Cc1c2nc(c(-c3cc(C(C)(C)C)cc(C(C)(C)C)c3)c3ccc([nH]3)c(-c3cc(C(C)(C)C)cc(C(C)(C)C)c3)c3nc(c(-c4cc(C(C)(C)C)cc(C(C)(C)C)c4)c4ccc1[nH]4)C=C3)C=C2. The molecule has 8 bridgehead atoms. The van der Waals surface area contributed by atoms with Crippen LogP contribution in [0.2, 0.25) is 0 Å². The standard InChI is InChI=1S/C65H76N4S/c1-60(2,3)42-30-39(31-43(36-42)61(4,5)6)57-51-22-20-49(66-51)48(28-29-70-19)50-21-23-52(67-50)58(40-32-44(62(7,8)9)37-45(33-40)63(10,11)12)54-25-27-56(69-54)59(55-26-24-53(57)68-55)41-34-46(64(13,14)15)38-47(35-41)65(16,17)18/h20-27,30-38,66,69H,1-19H3. The molecule has 0 saturated carbocycles. The molecule has 4 nitrogen and oxygen atoms in total. The molecule has 0 aliphatic carbocycles. The molecule has 3 aromatic carbocycles. The summed E-state index contributed by atoms with van der Waals surface area (Å²) in [4.78, 5) is 19.3. The molecule has 0 amide bonds. The maximum atomic E-state index is 5.75. The van der Waals surface area contributed by atoms with Crippen molar-refractivity contribution in [2.75, 3.05) is 6.26 Å². The highest BCUT2D eigenvalue weighted by atomic mass is 32.2. The fraction of sp³-hybridized carbons (Fsp3) is 0.385. The molecule has 0 saturated heterocycles. The van der Waals surface area contributed by atoms with E-state index in [2.05, 4.69) is 249 Å². The quantitative estimate of drug-likeness (QED) is 0.174. The summed E-state index contributed by atoms with van der Waals surface area (Å²) in [5.41, 5.74) is 22.0. The molecule has 5 heteroatoms. The molecule has 2 aliphatic heterocycles. The Morgan fingerprint density at radius 2 is 0.614 bits per heavy atom. The molecule has 70 heavy (non-hydrogen) atoms. The number of aromatic amines is 2. The average molecular weight is 945 g/mol. The van der Waals surface area contributed by atoms with Gasteiger partial charge in [-0.3, -0.25) is 0 Å². The Morgan fingerprint density at radius 3 is 0.900 bits per heavy atom. The number of benzene rings is 3. The topological polar surface area (TPSA) is 57.4 Å². The third kappa shape index (κ3) is 10.3. The smallest absolute Gasteiger partial charge is 0.0815 e. The molecule has 6 aromatic rings. The van der Waals surface area contributed by atoms with Gasteiger partial charge in [0.15, 0.2) is 0 Å². The number of hydrogen-bond acceptors (Lipinski definition) is 3. The predicted octanol–water partition coefficient (Wildman–Crippen LogP) is 18.1. The number of hydrogen-bond donors (Lipinski definition) is 2. The highest BCUT2D eigenvalue weighted by Gasteiger charge is 2.27.